The molecule has 0 saturated carbocycles. The average Bonchev–Trinajstić information content (AvgIpc) is 2.37. The average molecular weight is 304 g/mol. The second kappa shape index (κ2) is 5.42. The number of benzene rings is 2. The van der Waals surface area contributed by atoms with Crippen LogP contribution in [0.2, 0.25) is 5.02 Å². The van der Waals surface area contributed by atoms with Gasteiger partial charge in [0.15, 0.2) is 0 Å². The molecule has 0 aromatic heterocycles. The highest BCUT2D eigenvalue weighted by Gasteiger charge is 2.33. The van der Waals surface area contributed by atoms with Gasteiger partial charge in [-0.3, -0.25) is 0 Å². The molecular formula is C14H10ClF4N. The minimum absolute atomic E-state index is 0.250. The van der Waals surface area contributed by atoms with E-state index in [4.69, 9.17) is 17.3 Å². The Morgan fingerprint density at radius 1 is 1.00 bits per heavy atom. The first-order valence-corrected chi connectivity index (χ1v) is 6.06. The molecule has 0 aliphatic carbocycles. The van der Waals surface area contributed by atoms with Gasteiger partial charge in [-0.2, -0.15) is 13.2 Å². The second-order valence-electron chi connectivity index (χ2n) is 4.20. The molecule has 0 fully saturated rings. The summed E-state index contributed by atoms with van der Waals surface area (Å²) >= 11 is 5.97. The van der Waals surface area contributed by atoms with E-state index in [2.05, 4.69) is 0 Å². The van der Waals surface area contributed by atoms with Gasteiger partial charge in [0.2, 0.25) is 0 Å². The first kappa shape index (κ1) is 14.8. The van der Waals surface area contributed by atoms with E-state index in [1.807, 2.05) is 0 Å². The van der Waals surface area contributed by atoms with Crippen molar-refractivity contribution in [3.63, 3.8) is 0 Å². The van der Waals surface area contributed by atoms with Crippen LogP contribution in [0.25, 0.3) is 11.1 Å². The predicted molar refractivity (Wildman–Crippen MR) is 69.7 cm³/mol. The van der Waals surface area contributed by atoms with Crippen LogP contribution in [0.4, 0.5) is 17.6 Å². The standard InChI is InChI=1S/C14H10ClF4N/c15-12-5-8(1-2-10(12)7-20)9-3-4-11(13(16)6-9)14(17,18)19/h1-6H,7,20H2. The van der Waals surface area contributed by atoms with Gasteiger partial charge in [-0.25, -0.2) is 4.39 Å². The summed E-state index contributed by atoms with van der Waals surface area (Å²) in [5.74, 6) is -1.31. The second-order valence-corrected chi connectivity index (χ2v) is 4.61. The third-order valence-corrected chi connectivity index (χ3v) is 3.23. The number of hydrogen-bond acceptors (Lipinski definition) is 1. The summed E-state index contributed by atoms with van der Waals surface area (Å²) in [5.41, 5.74) is 5.73. The molecule has 0 unspecified atom stereocenters. The van der Waals surface area contributed by atoms with Crippen molar-refractivity contribution in [1.29, 1.82) is 0 Å². The highest BCUT2D eigenvalue weighted by molar-refractivity contribution is 6.31. The number of alkyl halides is 3. The first-order valence-electron chi connectivity index (χ1n) is 5.68. The van der Waals surface area contributed by atoms with Gasteiger partial charge in [0, 0.05) is 11.6 Å². The largest absolute Gasteiger partial charge is 0.419 e. The van der Waals surface area contributed by atoms with Gasteiger partial charge in [0.25, 0.3) is 0 Å². The monoisotopic (exact) mass is 303 g/mol. The molecule has 0 saturated heterocycles. The summed E-state index contributed by atoms with van der Waals surface area (Å²) in [4.78, 5) is 0. The molecule has 6 heteroatoms. The molecule has 20 heavy (non-hydrogen) atoms. The molecule has 106 valence electrons. The Labute approximate surface area is 118 Å². The molecule has 0 bridgehead atoms. The lowest BCUT2D eigenvalue weighted by molar-refractivity contribution is -0.139. The lowest BCUT2D eigenvalue weighted by Gasteiger charge is -2.10. The molecular weight excluding hydrogens is 294 g/mol. The molecule has 1 nitrogen and oxygen atoms in total. The maximum atomic E-state index is 13.5. The zero-order valence-electron chi connectivity index (χ0n) is 10.1. The fraction of sp³-hybridized carbons (Fsp3) is 0.143. The van der Waals surface area contributed by atoms with Gasteiger partial charge in [-0.15, -0.1) is 0 Å². The van der Waals surface area contributed by atoms with Crippen molar-refractivity contribution in [3.05, 3.63) is 58.4 Å². The SMILES string of the molecule is NCc1ccc(-c2ccc(C(F)(F)F)c(F)c2)cc1Cl. The molecule has 2 N–H and O–H groups in total. The van der Waals surface area contributed by atoms with Gasteiger partial charge in [0.05, 0.1) is 5.56 Å². The molecule has 0 aliphatic heterocycles. The number of nitrogens with two attached hydrogens (primary N) is 1. The van der Waals surface area contributed by atoms with Crippen molar-refractivity contribution in [2.45, 2.75) is 12.7 Å². The summed E-state index contributed by atoms with van der Waals surface area (Å²) in [7, 11) is 0. The Bertz CT molecular complexity index is 638. The topological polar surface area (TPSA) is 26.0 Å². The van der Waals surface area contributed by atoms with Gasteiger partial charge in [0.1, 0.15) is 5.82 Å². The lowest BCUT2D eigenvalue weighted by Crippen LogP contribution is -2.07. The van der Waals surface area contributed by atoms with E-state index in [1.165, 1.54) is 6.07 Å². The van der Waals surface area contributed by atoms with Crippen LogP contribution in [0.1, 0.15) is 11.1 Å². The van der Waals surface area contributed by atoms with Crippen molar-refractivity contribution < 1.29 is 17.6 Å². The van der Waals surface area contributed by atoms with Crippen LogP contribution in [-0.4, -0.2) is 0 Å². The molecule has 2 rings (SSSR count). The molecule has 2 aromatic carbocycles. The van der Waals surface area contributed by atoms with E-state index >= 15 is 0 Å². The Balaban J connectivity index is 2.44. The van der Waals surface area contributed by atoms with Crippen LogP contribution in [0, 0.1) is 5.82 Å². The van der Waals surface area contributed by atoms with Crippen molar-refractivity contribution in [2.24, 2.45) is 5.73 Å². The van der Waals surface area contributed by atoms with E-state index in [0.717, 1.165) is 12.1 Å². The minimum Gasteiger partial charge on any atom is -0.326 e. The maximum Gasteiger partial charge on any atom is 0.419 e. The Morgan fingerprint density at radius 3 is 2.10 bits per heavy atom. The van der Waals surface area contributed by atoms with Crippen molar-refractivity contribution in [2.75, 3.05) is 0 Å². The molecule has 0 heterocycles. The van der Waals surface area contributed by atoms with E-state index in [9.17, 15) is 17.6 Å². The third-order valence-electron chi connectivity index (χ3n) is 2.88. The summed E-state index contributed by atoms with van der Waals surface area (Å²) in [6.07, 6.45) is -4.70. The third kappa shape index (κ3) is 2.94. The zero-order chi connectivity index (χ0) is 14.9. The minimum atomic E-state index is -4.70. The van der Waals surface area contributed by atoms with Crippen LogP contribution in [0.3, 0.4) is 0 Å². The van der Waals surface area contributed by atoms with E-state index in [-0.39, 0.29) is 6.54 Å². The van der Waals surface area contributed by atoms with Crippen LogP contribution in [0.5, 0.6) is 0 Å². The van der Waals surface area contributed by atoms with Crippen LogP contribution in [-0.2, 0) is 12.7 Å². The number of halogens is 5. The van der Waals surface area contributed by atoms with Crippen LogP contribution >= 0.6 is 11.6 Å². The predicted octanol–water partition coefficient (Wildman–Crippen LogP) is 4.62. The Kier molecular flexibility index (Phi) is 4.01. The number of rotatable bonds is 2. The summed E-state index contributed by atoms with van der Waals surface area (Å²) in [6.45, 7) is 0.250. The van der Waals surface area contributed by atoms with Crippen LogP contribution < -0.4 is 5.73 Å². The normalized spacial score (nSPS) is 11.7. The first-order chi connectivity index (χ1) is 9.32. The highest BCUT2D eigenvalue weighted by atomic mass is 35.5. The maximum absolute atomic E-state index is 13.5. The Hall–Kier alpha value is -1.59. The molecule has 0 aliphatic rings. The van der Waals surface area contributed by atoms with Crippen molar-refractivity contribution in [3.8, 4) is 11.1 Å². The summed E-state index contributed by atoms with van der Waals surface area (Å²) in [6, 6.07) is 7.61. The molecule has 0 radical (unpaired) electrons. The van der Waals surface area contributed by atoms with Gasteiger partial charge in [-0.05, 0) is 34.9 Å². The van der Waals surface area contributed by atoms with Gasteiger partial charge >= 0.3 is 6.18 Å². The smallest absolute Gasteiger partial charge is 0.326 e. The fourth-order valence-corrected chi connectivity index (χ4v) is 2.07. The van der Waals surface area contributed by atoms with Gasteiger partial charge < -0.3 is 5.73 Å². The van der Waals surface area contributed by atoms with Gasteiger partial charge in [-0.1, -0.05) is 29.8 Å². The van der Waals surface area contributed by atoms with E-state index < -0.39 is 17.6 Å². The summed E-state index contributed by atoms with van der Waals surface area (Å²) in [5, 5.41) is 0.394. The highest BCUT2D eigenvalue weighted by Crippen LogP contribution is 2.34. The van der Waals surface area contributed by atoms with Crippen LogP contribution in [0.15, 0.2) is 36.4 Å². The number of hydrogen-bond donors (Lipinski definition) is 1. The Morgan fingerprint density at radius 2 is 1.60 bits per heavy atom. The fourth-order valence-electron chi connectivity index (χ4n) is 1.82. The van der Waals surface area contributed by atoms with E-state index in [0.29, 0.717) is 21.7 Å². The quantitative estimate of drug-likeness (QED) is 0.805. The molecule has 0 amide bonds. The zero-order valence-corrected chi connectivity index (χ0v) is 10.9. The molecule has 0 spiro atoms. The van der Waals surface area contributed by atoms with Crippen molar-refractivity contribution in [1.82, 2.24) is 0 Å². The summed E-state index contributed by atoms with van der Waals surface area (Å²) < 4.78 is 50.9. The lowest BCUT2D eigenvalue weighted by atomic mass is 10.0. The molecule has 0 atom stereocenters. The van der Waals surface area contributed by atoms with E-state index in [1.54, 1.807) is 18.2 Å². The van der Waals surface area contributed by atoms with Crippen molar-refractivity contribution >= 4 is 11.6 Å². The molecule has 2 aromatic rings.